The van der Waals surface area contributed by atoms with Crippen LogP contribution < -0.4 is 5.32 Å². The van der Waals surface area contributed by atoms with Gasteiger partial charge in [-0.1, -0.05) is 36.4 Å². The van der Waals surface area contributed by atoms with Crippen molar-refractivity contribution >= 4 is 21.6 Å². The quantitative estimate of drug-likeness (QED) is 0.449. The van der Waals surface area contributed by atoms with Crippen LogP contribution in [0.1, 0.15) is 21.5 Å². The molecule has 1 heterocycles. The van der Waals surface area contributed by atoms with Crippen LogP contribution in [0.4, 0.5) is 10.2 Å². The summed E-state index contributed by atoms with van der Waals surface area (Å²) in [6.45, 7) is 2.19. The van der Waals surface area contributed by atoms with Gasteiger partial charge in [-0.3, -0.25) is 4.79 Å². The highest BCUT2D eigenvalue weighted by Crippen LogP contribution is 2.29. The van der Waals surface area contributed by atoms with Gasteiger partial charge in [0.1, 0.15) is 17.3 Å². The number of halogens is 1. The first-order valence-corrected chi connectivity index (χ1v) is 12.1. The van der Waals surface area contributed by atoms with Gasteiger partial charge in [0, 0.05) is 17.4 Å². The van der Waals surface area contributed by atoms with E-state index in [9.17, 15) is 17.6 Å². The van der Waals surface area contributed by atoms with E-state index in [1.165, 1.54) is 24.3 Å². The standard InChI is InChI=1S/C25H22FN3O3S/c1-17-8-13-21(33(2,31)32)14-22(17)25(30)28-24-23(19-9-11-20(26)12-10-19)27-16-29(24)15-18-6-4-3-5-7-18/h3-14,16H,15H2,1-2H3,(H,28,30). The number of sulfone groups is 1. The maximum absolute atomic E-state index is 13.5. The molecule has 0 fully saturated rings. The third kappa shape index (κ3) is 5.01. The maximum atomic E-state index is 13.5. The Morgan fingerprint density at radius 2 is 1.73 bits per heavy atom. The highest BCUT2D eigenvalue weighted by molar-refractivity contribution is 7.90. The summed E-state index contributed by atoms with van der Waals surface area (Å²) in [7, 11) is -3.47. The maximum Gasteiger partial charge on any atom is 0.257 e. The highest BCUT2D eigenvalue weighted by atomic mass is 32.2. The lowest BCUT2D eigenvalue weighted by Crippen LogP contribution is -2.18. The first-order valence-electron chi connectivity index (χ1n) is 10.2. The zero-order valence-corrected chi connectivity index (χ0v) is 18.9. The summed E-state index contributed by atoms with van der Waals surface area (Å²) in [4.78, 5) is 17.8. The fraction of sp³-hybridized carbons (Fsp3) is 0.120. The molecule has 4 rings (SSSR count). The number of carbonyl (C=O) groups is 1. The second-order valence-corrected chi connectivity index (χ2v) is 9.78. The summed E-state index contributed by atoms with van der Waals surface area (Å²) >= 11 is 0. The SMILES string of the molecule is Cc1ccc(S(C)(=O)=O)cc1C(=O)Nc1c(-c2ccc(F)cc2)ncn1Cc1ccccc1. The monoisotopic (exact) mass is 463 g/mol. The van der Waals surface area contributed by atoms with Crippen LogP contribution in [0.15, 0.2) is 84.0 Å². The molecule has 0 saturated carbocycles. The molecule has 0 aliphatic rings. The van der Waals surface area contributed by atoms with E-state index in [0.717, 1.165) is 11.8 Å². The van der Waals surface area contributed by atoms with Gasteiger partial charge in [-0.15, -0.1) is 0 Å². The van der Waals surface area contributed by atoms with Gasteiger partial charge < -0.3 is 9.88 Å². The van der Waals surface area contributed by atoms with Gasteiger partial charge in [-0.25, -0.2) is 17.8 Å². The number of hydrogen-bond acceptors (Lipinski definition) is 4. The Hall–Kier alpha value is -3.78. The second-order valence-electron chi connectivity index (χ2n) is 7.77. The van der Waals surface area contributed by atoms with E-state index in [1.807, 2.05) is 30.3 Å². The minimum Gasteiger partial charge on any atom is -0.312 e. The lowest BCUT2D eigenvalue weighted by atomic mass is 10.1. The van der Waals surface area contributed by atoms with E-state index in [2.05, 4.69) is 10.3 Å². The zero-order valence-electron chi connectivity index (χ0n) is 18.1. The smallest absolute Gasteiger partial charge is 0.257 e. The molecule has 0 bridgehead atoms. The van der Waals surface area contributed by atoms with Crippen LogP contribution in [0.5, 0.6) is 0 Å². The molecule has 6 nitrogen and oxygen atoms in total. The van der Waals surface area contributed by atoms with Gasteiger partial charge in [0.25, 0.3) is 5.91 Å². The van der Waals surface area contributed by atoms with Gasteiger partial charge >= 0.3 is 0 Å². The molecule has 168 valence electrons. The molecular weight excluding hydrogens is 441 g/mol. The molecule has 0 saturated heterocycles. The summed E-state index contributed by atoms with van der Waals surface area (Å²) < 4.78 is 39.2. The third-order valence-electron chi connectivity index (χ3n) is 5.26. The van der Waals surface area contributed by atoms with E-state index in [0.29, 0.717) is 29.2 Å². The Labute approximate surface area is 191 Å². The predicted octanol–water partition coefficient (Wildman–Crippen LogP) is 4.70. The van der Waals surface area contributed by atoms with Crippen LogP contribution in [0.25, 0.3) is 11.3 Å². The van der Waals surface area contributed by atoms with Crippen molar-refractivity contribution in [3.8, 4) is 11.3 Å². The predicted molar refractivity (Wildman–Crippen MR) is 125 cm³/mol. The van der Waals surface area contributed by atoms with Gasteiger partial charge in [-0.2, -0.15) is 0 Å². The minimum atomic E-state index is -3.47. The van der Waals surface area contributed by atoms with Crippen LogP contribution >= 0.6 is 0 Å². The number of nitrogens with one attached hydrogen (secondary N) is 1. The number of benzene rings is 3. The molecule has 0 aliphatic carbocycles. The Morgan fingerprint density at radius 1 is 1.03 bits per heavy atom. The number of imidazole rings is 1. The van der Waals surface area contributed by atoms with Crippen LogP contribution in [0.3, 0.4) is 0 Å². The molecule has 3 aromatic carbocycles. The second kappa shape index (κ2) is 8.99. The lowest BCUT2D eigenvalue weighted by Gasteiger charge is -2.14. The molecule has 0 aliphatic heterocycles. The van der Waals surface area contributed by atoms with Crippen molar-refractivity contribution in [2.24, 2.45) is 0 Å². The number of aryl methyl sites for hydroxylation is 1. The van der Waals surface area contributed by atoms with Gasteiger partial charge in [-0.05, 0) is 54.4 Å². The highest BCUT2D eigenvalue weighted by Gasteiger charge is 2.20. The van der Waals surface area contributed by atoms with Crippen LogP contribution in [-0.4, -0.2) is 30.1 Å². The van der Waals surface area contributed by atoms with Crippen molar-refractivity contribution < 1.29 is 17.6 Å². The topological polar surface area (TPSA) is 81.1 Å². The number of hydrogen-bond donors (Lipinski definition) is 1. The summed E-state index contributed by atoms with van der Waals surface area (Å²) in [6, 6.07) is 20.0. The van der Waals surface area contributed by atoms with Crippen LogP contribution in [-0.2, 0) is 16.4 Å². The number of anilines is 1. The molecule has 0 atom stereocenters. The normalized spacial score (nSPS) is 11.4. The third-order valence-corrected chi connectivity index (χ3v) is 6.38. The molecule has 1 amide bonds. The van der Waals surface area contributed by atoms with Gasteiger partial charge in [0.15, 0.2) is 9.84 Å². The molecule has 0 spiro atoms. The van der Waals surface area contributed by atoms with Crippen molar-refractivity contribution in [3.05, 3.63) is 102 Å². The Balaban J connectivity index is 1.76. The van der Waals surface area contributed by atoms with E-state index in [4.69, 9.17) is 0 Å². The van der Waals surface area contributed by atoms with E-state index in [1.54, 1.807) is 36.0 Å². The molecule has 1 N–H and O–H groups in total. The molecule has 0 unspecified atom stereocenters. The molecule has 0 radical (unpaired) electrons. The molecule has 4 aromatic rings. The van der Waals surface area contributed by atoms with Crippen LogP contribution in [0.2, 0.25) is 0 Å². The van der Waals surface area contributed by atoms with Crippen molar-refractivity contribution in [1.29, 1.82) is 0 Å². The zero-order chi connectivity index (χ0) is 23.6. The number of nitrogens with zero attached hydrogens (tertiary/aromatic N) is 2. The molecule has 8 heteroatoms. The largest absolute Gasteiger partial charge is 0.312 e. The van der Waals surface area contributed by atoms with E-state index in [-0.39, 0.29) is 16.3 Å². The number of amides is 1. The fourth-order valence-corrected chi connectivity index (χ4v) is 4.13. The number of carbonyl (C=O) groups excluding carboxylic acids is 1. The first kappa shape index (κ1) is 22.4. The molecule has 33 heavy (non-hydrogen) atoms. The summed E-state index contributed by atoms with van der Waals surface area (Å²) in [5, 5.41) is 2.90. The fourth-order valence-electron chi connectivity index (χ4n) is 3.48. The average molecular weight is 464 g/mol. The van der Waals surface area contributed by atoms with Crippen molar-refractivity contribution in [2.75, 3.05) is 11.6 Å². The van der Waals surface area contributed by atoms with E-state index >= 15 is 0 Å². The summed E-state index contributed by atoms with van der Waals surface area (Å²) in [5.41, 5.74) is 3.01. The summed E-state index contributed by atoms with van der Waals surface area (Å²) in [6.07, 6.45) is 2.71. The van der Waals surface area contributed by atoms with Crippen molar-refractivity contribution in [2.45, 2.75) is 18.4 Å². The van der Waals surface area contributed by atoms with Gasteiger partial charge in [0.2, 0.25) is 0 Å². The average Bonchev–Trinajstić information content (AvgIpc) is 3.16. The minimum absolute atomic E-state index is 0.0646. The molecule has 1 aromatic heterocycles. The Morgan fingerprint density at radius 3 is 2.39 bits per heavy atom. The lowest BCUT2D eigenvalue weighted by molar-refractivity contribution is 0.102. The summed E-state index contributed by atoms with van der Waals surface area (Å²) in [5.74, 6) is -0.405. The van der Waals surface area contributed by atoms with Crippen LogP contribution in [0, 0.1) is 12.7 Å². The van der Waals surface area contributed by atoms with E-state index < -0.39 is 15.7 Å². The Kier molecular flexibility index (Phi) is 6.11. The van der Waals surface area contributed by atoms with Gasteiger partial charge in [0.05, 0.1) is 17.8 Å². The number of rotatable bonds is 6. The Bertz CT molecular complexity index is 1410. The molecular formula is C25H22FN3O3S. The van der Waals surface area contributed by atoms with Crippen molar-refractivity contribution in [1.82, 2.24) is 9.55 Å². The van der Waals surface area contributed by atoms with Crippen molar-refractivity contribution in [3.63, 3.8) is 0 Å². The number of aromatic nitrogens is 2. The first-order chi connectivity index (χ1) is 15.7.